The van der Waals surface area contributed by atoms with Gasteiger partial charge in [0.2, 0.25) is 5.91 Å². The van der Waals surface area contributed by atoms with Crippen molar-refractivity contribution >= 4 is 17.5 Å². The molecule has 1 aromatic carbocycles. The molecule has 1 atom stereocenters. The fraction of sp³-hybridized carbons (Fsp3) is 0.267. The quantitative estimate of drug-likeness (QED) is 0.927. The summed E-state index contributed by atoms with van der Waals surface area (Å²) in [6.45, 7) is 3.78. The lowest BCUT2D eigenvalue weighted by Gasteiger charge is -2.11. The molecule has 1 heterocycles. The summed E-state index contributed by atoms with van der Waals surface area (Å²) < 4.78 is 5.48. The van der Waals surface area contributed by atoms with E-state index in [4.69, 9.17) is 16.0 Å². The van der Waals surface area contributed by atoms with Crippen LogP contribution in [0, 0.1) is 6.92 Å². The molecule has 2 aromatic rings. The van der Waals surface area contributed by atoms with Crippen molar-refractivity contribution in [1.29, 1.82) is 0 Å². The van der Waals surface area contributed by atoms with Gasteiger partial charge in [-0.3, -0.25) is 4.79 Å². The lowest BCUT2D eigenvalue weighted by atomic mass is 10.1. The molecular formula is C15H16ClNO2. The molecule has 1 N–H and O–H groups in total. The van der Waals surface area contributed by atoms with Crippen LogP contribution in [-0.4, -0.2) is 5.91 Å². The predicted molar refractivity (Wildman–Crippen MR) is 75.2 cm³/mol. The summed E-state index contributed by atoms with van der Waals surface area (Å²) >= 11 is 5.80. The zero-order chi connectivity index (χ0) is 13.8. The first kappa shape index (κ1) is 13.7. The van der Waals surface area contributed by atoms with Crippen molar-refractivity contribution in [1.82, 2.24) is 5.32 Å². The van der Waals surface area contributed by atoms with Crippen LogP contribution in [-0.2, 0) is 11.2 Å². The van der Waals surface area contributed by atoms with Gasteiger partial charge in [0.1, 0.15) is 11.5 Å². The van der Waals surface area contributed by atoms with Crippen molar-refractivity contribution in [2.24, 2.45) is 0 Å². The summed E-state index contributed by atoms with van der Waals surface area (Å²) in [5, 5.41) is 3.58. The van der Waals surface area contributed by atoms with Gasteiger partial charge in [-0.2, -0.15) is 0 Å². The monoisotopic (exact) mass is 277 g/mol. The molecule has 0 fully saturated rings. The Morgan fingerprint density at radius 2 is 1.95 bits per heavy atom. The molecule has 1 amide bonds. The molecule has 0 aliphatic rings. The normalized spacial score (nSPS) is 12.2. The van der Waals surface area contributed by atoms with Crippen molar-refractivity contribution in [3.05, 3.63) is 58.5 Å². The van der Waals surface area contributed by atoms with Crippen LogP contribution < -0.4 is 5.32 Å². The van der Waals surface area contributed by atoms with Crippen molar-refractivity contribution in [2.45, 2.75) is 26.3 Å². The molecule has 0 aliphatic heterocycles. The van der Waals surface area contributed by atoms with Crippen molar-refractivity contribution < 1.29 is 9.21 Å². The Morgan fingerprint density at radius 1 is 1.26 bits per heavy atom. The lowest BCUT2D eigenvalue weighted by molar-refractivity contribution is -0.121. The minimum Gasteiger partial charge on any atom is -0.464 e. The summed E-state index contributed by atoms with van der Waals surface area (Å²) in [7, 11) is 0. The number of amides is 1. The zero-order valence-corrected chi connectivity index (χ0v) is 11.7. The first-order valence-electron chi connectivity index (χ1n) is 6.15. The number of furan rings is 1. The van der Waals surface area contributed by atoms with E-state index in [9.17, 15) is 4.79 Å². The molecule has 0 saturated heterocycles. The number of hydrogen-bond acceptors (Lipinski definition) is 2. The third-order valence-electron chi connectivity index (χ3n) is 2.84. The highest BCUT2D eigenvalue weighted by Gasteiger charge is 2.12. The Bertz CT molecular complexity index is 560. The first-order chi connectivity index (χ1) is 9.04. The molecule has 1 unspecified atom stereocenters. The average Bonchev–Trinajstić information content (AvgIpc) is 2.79. The highest BCUT2D eigenvalue weighted by atomic mass is 35.5. The van der Waals surface area contributed by atoms with E-state index in [1.54, 1.807) is 12.1 Å². The largest absolute Gasteiger partial charge is 0.464 e. The van der Waals surface area contributed by atoms with E-state index in [2.05, 4.69) is 5.32 Å². The fourth-order valence-corrected chi connectivity index (χ4v) is 1.96. The summed E-state index contributed by atoms with van der Waals surface area (Å²) in [6.07, 6.45) is 0.335. The van der Waals surface area contributed by atoms with Crippen molar-refractivity contribution in [3.8, 4) is 0 Å². The lowest BCUT2D eigenvalue weighted by Crippen LogP contribution is -2.27. The van der Waals surface area contributed by atoms with Crippen LogP contribution >= 0.6 is 11.6 Å². The van der Waals surface area contributed by atoms with Gasteiger partial charge in [0.05, 0.1) is 12.5 Å². The first-order valence-corrected chi connectivity index (χ1v) is 6.52. The van der Waals surface area contributed by atoms with Gasteiger partial charge in [0.25, 0.3) is 0 Å². The van der Waals surface area contributed by atoms with E-state index >= 15 is 0 Å². The Labute approximate surface area is 117 Å². The molecule has 0 bridgehead atoms. The highest BCUT2D eigenvalue weighted by molar-refractivity contribution is 6.30. The van der Waals surface area contributed by atoms with E-state index in [0.717, 1.165) is 17.1 Å². The van der Waals surface area contributed by atoms with Gasteiger partial charge in [-0.15, -0.1) is 0 Å². The average molecular weight is 278 g/mol. The number of rotatable bonds is 4. The number of aryl methyl sites for hydroxylation is 1. The van der Waals surface area contributed by atoms with Crippen LogP contribution in [0.25, 0.3) is 0 Å². The number of benzene rings is 1. The van der Waals surface area contributed by atoms with Gasteiger partial charge >= 0.3 is 0 Å². The SMILES string of the molecule is Cc1ccc(C(C)NC(=O)Cc2ccc(Cl)cc2)o1. The minimum absolute atomic E-state index is 0.0381. The predicted octanol–water partition coefficient (Wildman–Crippen LogP) is 3.66. The van der Waals surface area contributed by atoms with Crippen LogP contribution in [0.2, 0.25) is 5.02 Å². The van der Waals surface area contributed by atoms with Gasteiger partial charge in [0.15, 0.2) is 0 Å². The summed E-state index contributed by atoms with van der Waals surface area (Å²) in [6, 6.07) is 10.9. The summed E-state index contributed by atoms with van der Waals surface area (Å²) in [4.78, 5) is 11.9. The third-order valence-corrected chi connectivity index (χ3v) is 3.10. The fourth-order valence-electron chi connectivity index (χ4n) is 1.84. The Morgan fingerprint density at radius 3 is 2.53 bits per heavy atom. The molecule has 19 heavy (non-hydrogen) atoms. The number of carbonyl (C=O) groups excluding carboxylic acids is 1. The second-order valence-electron chi connectivity index (χ2n) is 4.54. The minimum atomic E-state index is -0.131. The maximum absolute atomic E-state index is 11.9. The molecule has 1 aromatic heterocycles. The molecule has 3 nitrogen and oxygen atoms in total. The molecule has 4 heteroatoms. The second kappa shape index (κ2) is 5.93. The molecular weight excluding hydrogens is 262 g/mol. The van der Waals surface area contributed by atoms with E-state index in [0.29, 0.717) is 11.4 Å². The van der Waals surface area contributed by atoms with Gasteiger partial charge in [-0.1, -0.05) is 23.7 Å². The molecule has 0 aliphatic carbocycles. The van der Waals surface area contributed by atoms with Gasteiger partial charge in [-0.05, 0) is 43.7 Å². The topological polar surface area (TPSA) is 42.2 Å². The summed E-state index contributed by atoms with van der Waals surface area (Å²) in [5.41, 5.74) is 0.935. The molecule has 0 saturated carbocycles. The Hall–Kier alpha value is -1.74. The van der Waals surface area contributed by atoms with Crippen LogP contribution in [0.15, 0.2) is 40.8 Å². The van der Waals surface area contributed by atoms with Crippen molar-refractivity contribution in [2.75, 3.05) is 0 Å². The van der Waals surface area contributed by atoms with E-state index in [1.165, 1.54) is 0 Å². The second-order valence-corrected chi connectivity index (χ2v) is 4.98. The van der Waals surface area contributed by atoms with Gasteiger partial charge in [-0.25, -0.2) is 0 Å². The highest BCUT2D eigenvalue weighted by Crippen LogP contribution is 2.16. The standard InChI is InChI=1S/C15H16ClNO2/c1-10-3-8-14(19-10)11(2)17-15(18)9-12-4-6-13(16)7-5-12/h3-8,11H,9H2,1-2H3,(H,17,18). The Kier molecular flexibility index (Phi) is 4.27. The summed E-state index contributed by atoms with van der Waals surface area (Å²) in [5.74, 6) is 1.57. The maximum Gasteiger partial charge on any atom is 0.224 e. The number of halogens is 1. The number of nitrogens with one attached hydrogen (secondary N) is 1. The number of carbonyl (C=O) groups is 1. The van der Waals surface area contributed by atoms with Crippen LogP contribution in [0.3, 0.4) is 0 Å². The van der Waals surface area contributed by atoms with E-state index in [-0.39, 0.29) is 11.9 Å². The molecule has 100 valence electrons. The molecule has 0 radical (unpaired) electrons. The maximum atomic E-state index is 11.9. The molecule has 0 spiro atoms. The third kappa shape index (κ3) is 3.86. The van der Waals surface area contributed by atoms with Gasteiger partial charge < -0.3 is 9.73 Å². The van der Waals surface area contributed by atoms with Crippen LogP contribution in [0.4, 0.5) is 0 Å². The number of hydrogen-bond donors (Lipinski definition) is 1. The molecule has 2 rings (SSSR count). The van der Waals surface area contributed by atoms with Crippen LogP contribution in [0.5, 0.6) is 0 Å². The smallest absolute Gasteiger partial charge is 0.224 e. The van der Waals surface area contributed by atoms with E-state index in [1.807, 2.05) is 38.1 Å². The Balaban J connectivity index is 1.92. The van der Waals surface area contributed by atoms with Gasteiger partial charge in [0, 0.05) is 5.02 Å². The van der Waals surface area contributed by atoms with Crippen molar-refractivity contribution in [3.63, 3.8) is 0 Å². The van der Waals surface area contributed by atoms with Crippen LogP contribution in [0.1, 0.15) is 30.0 Å². The zero-order valence-electron chi connectivity index (χ0n) is 10.9. The van der Waals surface area contributed by atoms with E-state index < -0.39 is 0 Å².